The molecule has 0 aliphatic rings. The molecule has 0 aliphatic heterocycles. The molecule has 0 amide bonds. The van der Waals surface area contributed by atoms with Crippen LogP contribution in [-0.4, -0.2) is 35.0 Å². The molecule has 0 spiro atoms. The van der Waals surface area contributed by atoms with Crippen molar-refractivity contribution in [1.29, 1.82) is 0 Å². The number of ether oxygens (including phenoxy) is 2. The van der Waals surface area contributed by atoms with Crippen molar-refractivity contribution in [2.45, 2.75) is 51.9 Å². The first-order valence-electron chi connectivity index (χ1n) is 11.8. The highest BCUT2D eigenvalue weighted by Crippen LogP contribution is 1.98. The van der Waals surface area contributed by atoms with Crippen molar-refractivity contribution in [3.05, 3.63) is 97.2 Å². The number of rotatable bonds is 17. The second-order valence-corrected chi connectivity index (χ2v) is 7.16. The Morgan fingerprint density at radius 2 is 0.865 bits per heavy atom. The van der Waals surface area contributed by atoms with Gasteiger partial charge in [0.1, 0.15) is 0 Å². The van der Waals surface area contributed by atoms with Crippen molar-refractivity contribution in [3.8, 4) is 0 Å². The van der Waals surface area contributed by atoms with Crippen LogP contribution in [0.2, 0.25) is 0 Å². The molecule has 1 N–H and O–H groups in total. The van der Waals surface area contributed by atoms with Crippen molar-refractivity contribution in [3.63, 3.8) is 0 Å². The summed E-state index contributed by atoms with van der Waals surface area (Å²) in [5.41, 5.74) is 0. The van der Waals surface area contributed by atoms with Crippen LogP contribution in [0.1, 0.15) is 51.9 Å². The maximum Gasteiger partial charge on any atom is 0.338 e. The molecule has 0 saturated carbocycles. The molecule has 0 saturated heterocycles. The molecule has 8 nitrogen and oxygen atoms in total. The predicted molar refractivity (Wildman–Crippen MR) is 141 cm³/mol. The number of carbonyl (C=O) groups excluding carboxylic acids is 4. The summed E-state index contributed by atoms with van der Waals surface area (Å²) in [5, 5.41) is 8.35. The van der Waals surface area contributed by atoms with Gasteiger partial charge in [-0.05, 0) is 38.5 Å². The van der Waals surface area contributed by atoms with Gasteiger partial charge in [-0.15, -0.1) is 0 Å². The van der Waals surface area contributed by atoms with Gasteiger partial charge >= 0.3 is 29.8 Å². The summed E-state index contributed by atoms with van der Waals surface area (Å²) in [7, 11) is 0. The number of hydrogen-bond acceptors (Lipinski definition) is 7. The fraction of sp³-hybridized carbons (Fsp3) is 0.276. The molecule has 0 atom stereocenters. The number of aliphatic carboxylic acids is 1. The van der Waals surface area contributed by atoms with E-state index in [0.717, 1.165) is 32.1 Å². The van der Waals surface area contributed by atoms with Crippen molar-refractivity contribution in [1.82, 2.24) is 0 Å². The lowest BCUT2D eigenvalue weighted by Gasteiger charge is -1.97. The smallest absolute Gasteiger partial charge is 0.338 e. The SMILES string of the molecule is CC/C=C/C/C=C/C/C=C/C/C=C/C/C=C/C/C=C/CC(=O)OC(=O)/C=C\C(=O)OC(=O)/C=C/C(=O)O. The van der Waals surface area contributed by atoms with Crippen molar-refractivity contribution < 1.29 is 38.6 Å². The molecular weight excluding hydrogens is 476 g/mol. The van der Waals surface area contributed by atoms with Gasteiger partial charge in [0, 0.05) is 24.3 Å². The van der Waals surface area contributed by atoms with E-state index < -0.39 is 29.8 Å². The van der Waals surface area contributed by atoms with Gasteiger partial charge < -0.3 is 14.6 Å². The fourth-order valence-corrected chi connectivity index (χ4v) is 2.33. The normalized spacial score (nSPS) is 12.5. The lowest BCUT2D eigenvalue weighted by atomic mass is 10.2. The second-order valence-electron chi connectivity index (χ2n) is 7.16. The average molecular weight is 511 g/mol. The van der Waals surface area contributed by atoms with Crippen LogP contribution in [0.5, 0.6) is 0 Å². The van der Waals surface area contributed by atoms with Gasteiger partial charge in [-0.2, -0.15) is 0 Å². The largest absolute Gasteiger partial charge is 0.478 e. The molecule has 0 bridgehead atoms. The molecule has 0 fully saturated rings. The number of carbonyl (C=O) groups is 5. The third-order valence-electron chi connectivity index (χ3n) is 4.01. The van der Waals surface area contributed by atoms with Crippen molar-refractivity contribution >= 4 is 29.8 Å². The molecule has 0 aromatic carbocycles. The molecule has 0 radical (unpaired) electrons. The first kappa shape index (κ1) is 32.7. The zero-order valence-corrected chi connectivity index (χ0v) is 21.0. The Balaban J connectivity index is 3.96. The molecule has 0 aromatic rings. The zero-order valence-electron chi connectivity index (χ0n) is 21.0. The minimum atomic E-state index is -1.39. The number of carboxylic acids is 1. The number of allylic oxidation sites excluding steroid dienone is 11. The highest BCUT2D eigenvalue weighted by atomic mass is 16.6. The van der Waals surface area contributed by atoms with Crippen LogP contribution in [0.3, 0.4) is 0 Å². The van der Waals surface area contributed by atoms with E-state index in [2.05, 4.69) is 65.0 Å². The fourth-order valence-electron chi connectivity index (χ4n) is 2.33. The highest BCUT2D eigenvalue weighted by Gasteiger charge is 2.08. The Kier molecular flexibility index (Phi) is 20.7. The molecule has 0 aliphatic carbocycles. The van der Waals surface area contributed by atoms with Crippen LogP contribution in [-0.2, 0) is 33.4 Å². The quantitative estimate of drug-likeness (QED) is 0.119. The van der Waals surface area contributed by atoms with Crippen LogP contribution in [0.4, 0.5) is 0 Å². The predicted octanol–water partition coefficient (Wildman–Crippen LogP) is 5.41. The summed E-state index contributed by atoms with van der Waals surface area (Å²) < 4.78 is 8.67. The average Bonchev–Trinajstić information content (AvgIpc) is 2.85. The number of esters is 4. The van der Waals surface area contributed by atoms with Crippen molar-refractivity contribution in [2.75, 3.05) is 0 Å². The van der Waals surface area contributed by atoms with E-state index in [0.29, 0.717) is 30.7 Å². The third-order valence-corrected chi connectivity index (χ3v) is 4.01. The monoisotopic (exact) mass is 510 g/mol. The molecule has 37 heavy (non-hydrogen) atoms. The van der Waals surface area contributed by atoms with Crippen LogP contribution < -0.4 is 0 Å². The summed E-state index contributed by atoms with van der Waals surface area (Å²) in [6, 6.07) is 0. The standard InChI is InChI=1S/C29H34O8/c1-2-3-4-5-6-7-8-9-10-11-12-13-14-15-16-17-18-19-20-26(32)36-28(34)23-24-29(35)37-27(33)22-21-25(30)31/h3-4,6-7,9-10,12-13,15-16,18-19,21-24H,2,5,8,11,14,17,20H2,1H3,(H,30,31)/b4-3+,7-6+,10-9+,13-12+,16-15+,19-18+,22-21+,24-23-. The Hall–Kier alpha value is -4.33. The summed E-state index contributed by atoms with van der Waals surface area (Å²) >= 11 is 0. The minimum Gasteiger partial charge on any atom is -0.478 e. The van der Waals surface area contributed by atoms with E-state index in [1.807, 2.05) is 12.2 Å². The van der Waals surface area contributed by atoms with E-state index in [-0.39, 0.29) is 6.42 Å². The van der Waals surface area contributed by atoms with Crippen LogP contribution in [0.15, 0.2) is 97.2 Å². The molecule has 198 valence electrons. The van der Waals surface area contributed by atoms with Gasteiger partial charge in [0.25, 0.3) is 0 Å². The molecule has 0 rings (SSSR count). The van der Waals surface area contributed by atoms with Gasteiger partial charge in [-0.1, -0.05) is 79.8 Å². The Bertz CT molecular complexity index is 972. The lowest BCUT2D eigenvalue weighted by Crippen LogP contribution is -2.11. The Morgan fingerprint density at radius 3 is 1.27 bits per heavy atom. The van der Waals surface area contributed by atoms with Crippen LogP contribution in [0, 0.1) is 0 Å². The minimum absolute atomic E-state index is 0.132. The topological polar surface area (TPSA) is 124 Å². The Morgan fingerprint density at radius 1 is 0.514 bits per heavy atom. The summed E-state index contributed by atoms with van der Waals surface area (Å²) in [6.45, 7) is 2.12. The maximum absolute atomic E-state index is 11.6. The van der Waals surface area contributed by atoms with E-state index >= 15 is 0 Å². The van der Waals surface area contributed by atoms with Crippen LogP contribution in [0.25, 0.3) is 0 Å². The van der Waals surface area contributed by atoms with Gasteiger partial charge in [-0.25, -0.2) is 19.2 Å². The molecular formula is C29H34O8. The van der Waals surface area contributed by atoms with Crippen LogP contribution >= 0.6 is 0 Å². The van der Waals surface area contributed by atoms with Gasteiger partial charge in [0.15, 0.2) is 0 Å². The van der Waals surface area contributed by atoms with Gasteiger partial charge in [0.05, 0.1) is 6.42 Å². The number of carboxylic acid groups (broad SMARTS) is 1. The molecule has 0 aromatic heterocycles. The van der Waals surface area contributed by atoms with Crippen molar-refractivity contribution in [2.24, 2.45) is 0 Å². The maximum atomic E-state index is 11.6. The zero-order chi connectivity index (χ0) is 27.6. The summed E-state index contributed by atoms with van der Waals surface area (Å²) in [5.74, 6) is -5.76. The van der Waals surface area contributed by atoms with E-state index in [4.69, 9.17) is 5.11 Å². The molecule has 0 heterocycles. The second kappa shape index (κ2) is 23.4. The van der Waals surface area contributed by atoms with E-state index in [9.17, 15) is 24.0 Å². The first-order valence-corrected chi connectivity index (χ1v) is 11.8. The van der Waals surface area contributed by atoms with E-state index in [1.54, 1.807) is 12.2 Å². The Labute approximate surface area is 217 Å². The highest BCUT2D eigenvalue weighted by molar-refractivity contribution is 6.01. The van der Waals surface area contributed by atoms with Gasteiger partial charge in [0.2, 0.25) is 0 Å². The first-order chi connectivity index (χ1) is 17.8. The number of hydrogen-bond donors (Lipinski definition) is 1. The summed E-state index contributed by atoms with van der Waals surface area (Å²) in [4.78, 5) is 55.7. The molecule has 0 unspecified atom stereocenters. The summed E-state index contributed by atoms with van der Waals surface area (Å²) in [6.07, 6.45) is 31.7. The third kappa shape index (κ3) is 24.6. The molecule has 8 heteroatoms. The van der Waals surface area contributed by atoms with E-state index in [1.165, 1.54) is 0 Å². The van der Waals surface area contributed by atoms with Gasteiger partial charge in [-0.3, -0.25) is 4.79 Å². The lowest BCUT2D eigenvalue weighted by molar-refractivity contribution is -0.157.